The third-order valence-corrected chi connectivity index (χ3v) is 4.81. The zero-order valence-electron chi connectivity index (χ0n) is 16.5. The maximum absolute atomic E-state index is 13.1. The van der Waals surface area contributed by atoms with Crippen LogP contribution in [0.3, 0.4) is 0 Å². The van der Waals surface area contributed by atoms with Gasteiger partial charge >= 0.3 is 0 Å². The monoisotopic (exact) mass is 417 g/mol. The van der Waals surface area contributed by atoms with Crippen molar-refractivity contribution in [3.63, 3.8) is 0 Å². The van der Waals surface area contributed by atoms with Crippen LogP contribution in [0.2, 0.25) is 10.3 Å². The summed E-state index contributed by atoms with van der Waals surface area (Å²) in [7, 11) is 29.5. The van der Waals surface area contributed by atoms with Gasteiger partial charge in [0.2, 0.25) is 5.91 Å². The smallest absolute Gasteiger partial charge is 0.227 e. The van der Waals surface area contributed by atoms with Crippen LogP contribution in [0, 0.1) is 0 Å². The first-order valence-electron chi connectivity index (χ1n) is 9.21. The molecule has 0 aliphatic rings. The lowest BCUT2D eigenvalue weighted by Gasteiger charge is -2.49. The Morgan fingerprint density at radius 3 is 2.23 bits per heavy atom. The number of carbonyl (C=O) groups is 1. The minimum atomic E-state index is -2.16. The van der Waals surface area contributed by atoms with Gasteiger partial charge < -0.3 is 4.90 Å². The van der Waals surface area contributed by atoms with E-state index in [-0.39, 0.29) is 12.2 Å². The van der Waals surface area contributed by atoms with Gasteiger partial charge in [-0.3, -0.25) is 9.78 Å². The standard InChI is InChI=1S/C19H13B5ClN5O/c20-18(21,22)19(23,24)30(17(31)6-2-12-1-4-15(25)27-11-12)16-5-3-14(28-29-16)13-7-9-26-10-8-13/h1,3-5,7-11H,2,6H2. The fourth-order valence-corrected chi connectivity index (χ4v) is 2.87. The van der Waals surface area contributed by atoms with Crippen LogP contribution >= 0.6 is 11.6 Å². The molecule has 6 nitrogen and oxygen atoms in total. The second kappa shape index (κ2) is 9.31. The molecule has 0 aliphatic carbocycles. The summed E-state index contributed by atoms with van der Waals surface area (Å²) in [5, 5.41) is 4.31. The van der Waals surface area contributed by atoms with Gasteiger partial charge in [-0.2, -0.15) is 0 Å². The predicted molar refractivity (Wildman–Crippen MR) is 125 cm³/mol. The Balaban J connectivity index is 1.89. The van der Waals surface area contributed by atoms with E-state index in [9.17, 15) is 4.79 Å². The molecular weight excluding hydrogens is 404 g/mol. The molecule has 1 amide bonds. The van der Waals surface area contributed by atoms with Crippen molar-refractivity contribution in [3.8, 4) is 11.3 Å². The molecule has 0 aromatic carbocycles. The van der Waals surface area contributed by atoms with Gasteiger partial charge in [0.1, 0.15) is 5.15 Å². The third-order valence-electron chi connectivity index (χ3n) is 4.58. The molecule has 0 aliphatic heterocycles. The number of aryl methyl sites for hydroxylation is 1. The van der Waals surface area contributed by atoms with E-state index in [1.165, 1.54) is 6.07 Å². The molecule has 0 atom stereocenters. The number of halogens is 1. The number of carbonyl (C=O) groups excluding carboxylic acids is 1. The van der Waals surface area contributed by atoms with E-state index in [0.717, 1.165) is 16.0 Å². The Hall–Kier alpha value is -2.54. The maximum Gasteiger partial charge on any atom is 0.227 e. The molecule has 0 saturated carbocycles. The van der Waals surface area contributed by atoms with Crippen LogP contribution in [0.25, 0.3) is 11.3 Å². The van der Waals surface area contributed by atoms with Gasteiger partial charge in [0.05, 0.1) is 44.9 Å². The topological polar surface area (TPSA) is 71.9 Å². The number of rotatable bonds is 7. The summed E-state index contributed by atoms with van der Waals surface area (Å²) in [4.78, 5) is 22.0. The van der Waals surface area contributed by atoms with Crippen LogP contribution in [0.15, 0.2) is 55.0 Å². The zero-order chi connectivity index (χ0) is 22.6. The molecule has 0 saturated heterocycles. The Kier molecular flexibility index (Phi) is 6.94. The first kappa shape index (κ1) is 23.1. The summed E-state index contributed by atoms with van der Waals surface area (Å²) in [6.07, 6.45) is 5.17. The number of hydrogen-bond acceptors (Lipinski definition) is 5. The van der Waals surface area contributed by atoms with Crippen LogP contribution in [0.5, 0.6) is 0 Å². The van der Waals surface area contributed by atoms with Gasteiger partial charge in [0, 0.05) is 30.6 Å². The number of aromatic nitrogens is 4. The number of amides is 1. The van der Waals surface area contributed by atoms with E-state index in [0.29, 0.717) is 17.3 Å². The van der Waals surface area contributed by atoms with Crippen LogP contribution in [-0.2, 0) is 11.2 Å². The van der Waals surface area contributed by atoms with Crippen molar-refractivity contribution in [1.29, 1.82) is 0 Å². The van der Waals surface area contributed by atoms with Gasteiger partial charge in [-0.05, 0) is 47.7 Å². The van der Waals surface area contributed by atoms with Crippen molar-refractivity contribution in [2.45, 2.75) is 23.3 Å². The molecule has 0 bridgehead atoms. The van der Waals surface area contributed by atoms with Crippen molar-refractivity contribution in [2.24, 2.45) is 0 Å². The highest BCUT2D eigenvalue weighted by Gasteiger charge is 2.39. The zero-order valence-corrected chi connectivity index (χ0v) is 17.3. The van der Waals surface area contributed by atoms with Gasteiger partial charge in [-0.25, -0.2) is 4.98 Å². The number of pyridine rings is 2. The minimum absolute atomic E-state index is 0.00330. The molecule has 3 aromatic rings. The molecule has 142 valence electrons. The summed E-state index contributed by atoms with van der Waals surface area (Å²) in [5.74, 6) is -0.454. The van der Waals surface area contributed by atoms with E-state index >= 15 is 0 Å². The van der Waals surface area contributed by atoms with Crippen LogP contribution < -0.4 is 4.90 Å². The second-order valence-electron chi connectivity index (χ2n) is 6.99. The molecule has 0 N–H and O–H groups in total. The van der Waals surface area contributed by atoms with Crippen LogP contribution in [0.4, 0.5) is 5.82 Å². The molecule has 3 aromatic heterocycles. The quantitative estimate of drug-likeness (QED) is 0.426. The molecule has 10 radical (unpaired) electrons. The molecule has 0 spiro atoms. The Morgan fingerprint density at radius 1 is 0.968 bits per heavy atom. The summed E-state index contributed by atoms with van der Waals surface area (Å²) >= 11 is 5.79. The Bertz CT molecular complexity index is 1030. The summed E-state index contributed by atoms with van der Waals surface area (Å²) in [6, 6.07) is 10.1. The van der Waals surface area contributed by atoms with Crippen molar-refractivity contribution in [3.05, 3.63) is 65.7 Å². The Labute approximate surface area is 192 Å². The number of nitrogens with zero attached hydrogens (tertiary/aromatic N) is 5. The molecule has 3 rings (SSSR count). The maximum atomic E-state index is 13.1. The van der Waals surface area contributed by atoms with E-state index < -0.39 is 16.4 Å². The summed E-state index contributed by atoms with van der Waals surface area (Å²) in [5.41, 5.74) is 2.14. The highest BCUT2D eigenvalue weighted by atomic mass is 35.5. The minimum Gasteiger partial charge on any atom is -0.309 e. The van der Waals surface area contributed by atoms with Crippen LogP contribution in [0.1, 0.15) is 12.0 Å². The fourth-order valence-electron chi connectivity index (χ4n) is 2.76. The first-order valence-corrected chi connectivity index (χ1v) is 9.59. The lowest BCUT2D eigenvalue weighted by molar-refractivity contribution is -0.119. The average Bonchev–Trinajstić information content (AvgIpc) is 2.74. The summed E-state index contributed by atoms with van der Waals surface area (Å²) in [6.45, 7) is 0. The Morgan fingerprint density at radius 2 is 1.68 bits per heavy atom. The first-order chi connectivity index (χ1) is 14.6. The third kappa shape index (κ3) is 5.39. The molecule has 12 heteroatoms. The average molecular weight is 417 g/mol. The second-order valence-corrected chi connectivity index (χ2v) is 7.38. The van der Waals surface area contributed by atoms with E-state index in [4.69, 9.17) is 50.8 Å². The lowest BCUT2D eigenvalue weighted by Crippen LogP contribution is -2.62. The number of anilines is 1. The van der Waals surface area contributed by atoms with Crippen molar-refractivity contribution < 1.29 is 4.79 Å². The molecule has 3 heterocycles. The SMILES string of the molecule is [B]C([B])([B])C([B])([B])N(C(=O)CCc1ccc(Cl)nc1)c1ccc(-c2ccncc2)nn1. The van der Waals surface area contributed by atoms with Gasteiger partial charge in [0.25, 0.3) is 0 Å². The van der Waals surface area contributed by atoms with Gasteiger partial charge in [-0.15, -0.1) is 15.3 Å². The van der Waals surface area contributed by atoms with Crippen molar-refractivity contribution >= 4 is 62.6 Å². The molecule has 0 fully saturated rings. The molecular formula is C19H13B5ClN5O. The van der Waals surface area contributed by atoms with Gasteiger partial charge in [-0.1, -0.05) is 17.7 Å². The highest BCUT2D eigenvalue weighted by molar-refractivity contribution is 6.68. The lowest BCUT2D eigenvalue weighted by atomic mass is 9.26. The predicted octanol–water partition coefficient (Wildman–Crippen LogP) is 1.12. The largest absolute Gasteiger partial charge is 0.309 e. The molecule has 31 heavy (non-hydrogen) atoms. The summed E-state index contributed by atoms with van der Waals surface area (Å²) < 4.78 is 0. The fraction of sp³-hybridized carbons (Fsp3) is 0.211. The van der Waals surface area contributed by atoms with Crippen molar-refractivity contribution in [2.75, 3.05) is 4.90 Å². The van der Waals surface area contributed by atoms with E-state index in [1.807, 2.05) is 0 Å². The van der Waals surface area contributed by atoms with Crippen LogP contribution in [-0.4, -0.2) is 70.6 Å². The normalized spacial score (nSPS) is 11.8. The van der Waals surface area contributed by atoms with Crippen molar-refractivity contribution in [1.82, 2.24) is 20.2 Å². The highest BCUT2D eigenvalue weighted by Crippen LogP contribution is 2.33. The van der Waals surface area contributed by atoms with E-state index in [2.05, 4.69) is 20.2 Å². The molecule has 0 unspecified atom stereocenters. The number of hydrogen-bond donors (Lipinski definition) is 0. The van der Waals surface area contributed by atoms with Gasteiger partial charge in [0.15, 0.2) is 5.82 Å². The van der Waals surface area contributed by atoms with E-state index in [1.54, 1.807) is 48.9 Å².